The maximum atomic E-state index is 9.67. The normalized spacial score (nSPS) is 14.3. The zero-order valence-corrected chi connectivity index (χ0v) is 11.6. The molecule has 0 spiro atoms. The van der Waals surface area contributed by atoms with Gasteiger partial charge in [-0.25, -0.2) is 0 Å². The van der Waals surface area contributed by atoms with E-state index >= 15 is 0 Å². The van der Waals surface area contributed by atoms with Crippen LogP contribution in [-0.4, -0.2) is 24.4 Å². The molecule has 1 aromatic rings. The number of aryl methyl sites for hydroxylation is 1. The molecule has 0 heterocycles. The first-order valence-electron chi connectivity index (χ1n) is 6.76. The molecule has 1 aromatic carbocycles. The summed E-state index contributed by atoms with van der Waals surface area (Å²) >= 11 is 0. The highest BCUT2D eigenvalue weighted by molar-refractivity contribution is 5.39. The van der Waals surface area contributed by atoms with Crippen molar-refractivity contribution in [3.63, 3.8) is 0 Å². The van der Waals surface area contributed by atoms with Crippen LogP contribution in [0.2, 0.25) is 0 Å². The molecule has 2 atom stereocenters. The largest absolute Gasteiger partial charge is 0.494 e. The van der Waals surface area contributed by atoms with Gasteiger partial charge in [0.05, 0.1) is 12.7 Å². The molecule has 3 N–H and O–H groups in total. The van der Waals surface area contributed by atoms with Gasteiger partial charge in [0, 0.05) is 6.54 Å². The molecule has 0 bridgehead atoms. The smallest absolute Gasteiger partial charge is 0.122 e. The summed E-state index contributed by atoms with van der Waals surface area (Å²) in [5.74, 6) is 1.17. The van der Waals surface area contributed by atoms with Crippen LogP contribution in [0, 0.1) is 0 Å². The molecule has 0 radical (unpaired) electrons. The average molecular weight is 251 g/mol. The number of ether oxygens (including phenoxy) is 1. The van der Waals surface area contributed by atoms with Gasteiger partial charge < -0.3 is 15.6 Å². The Hall–Kier alpha value is -1.06. The van der Waals surface area contributed by atoms with E-state index in [-0.39, 0.29) is 5.92 Å². The van der Waals surface area contributed by atoms with Gasteiger partial charge in [0.2, 0.25) is 0 Å². The van der Waals surface area contributed by atoms with Crippen LogP contribution in [0.15, 0.2) is 18.2 Å². The third-order valence-electron chi connectivity index (χ3n) is 3.21. The van der Waals surface area contributed by atoms with Crippen molar-refractivity contribution < 1.29 is 9.84 Å². The average Bonchev–Trinajstić information content (AvgIpc) is 2.39. The van der Waals surface area contributed by atoms with Crippen LogP contribution in [0.3, 0.4) is 0 Å². The van der Waals surface area contributed by atoms with Gasteiger partial charge in [0.15, 0.2) is 0 Å². The molecule has 0 saturated carbocycles. The number of hydrogen-bond donors (Lipinski definition) is 2. The van der Waals surface area contributed by atoms with Crippen LogP contribution in [0.25, 0.3) is 0 Å². The number of benzene rings is 1. The van der Waals surface area contributed by atoms with Crippen molar-refractivity contribution >= 4 is 0 Å². The third-order valence-corrected chi connectivity index (χ3v) is 3.21. The van der Waals surface area contributed by atoms with E-state index in [1.807, 2.05) is 13.0 Å². The van der Waals surface area contributed by atoms with E-state index in [2.05, 4.69) is 26.0 Å². The summed E-state index contributed by atoms with van der Waals surface area (Å²) in [7, 11) is 0. The van der Waals surface area contributed by atoms with Gasteiger partial charge in [-0.2, -0.15) is 0 Å². The van der Waals surface area contributed by atoms with Crippen molar-refractivity contribution in [3.8, 4) is 5.75 Å². The summed E-state index contributed by atoms with van der Waals surface area (Å²) in [5.41, 5.74) is 7.93. The highest BCUT2D eigenvalue weighted by atomic mass is 16.5. The van der Waals surface area contributed by atoms with E-state index in [0.29, 0.717) is 19.6 Å². The predicted octanol–water partition coefficient (Wildman–Crippen LogP) is 2.46. The van der Waals surface area contributed by atoms with Gasteiger partial charge in [0.25, 0.3) is 0 Å². The lowest BCUT2D eigenvalue weighted by atomic mass is 9.92. The summed E-state index contributed by atoms with van der Waals surface area (Å²) < 4.78 is 5.66. The maximum absolute atomic E-state index is 9.67. The summed E-state index contributed by atoms with van der Waals surface area (Å²) in [4.78, 5) is 0. The van der Waals surface area contributed by atoms with Crippen molar-refractivity contribution in [1.29, 1.82) is 0 Å². The van der Waals surface area contributed by atoms with E-state index in [4.69, 9.17) is 10.5 Å². The minimum Gasteiger partial charge on any atom is -0.494 e. The first-order valence-corrected chi connectivity index (χ1v) is 6.76. The first kappa shape index (κ1) is 15.0. The fourth-order valence-corrected chi connectivity index (χ4v) is 2.12. The number of hydrogen-bond acceptors (Lipinski definition) is 3. The number of aliphatic hydroxyl groups excluding tert-OH is 1. The SMILES string of the molecule is CCOc1ccc(CC)cc1C(C)CC(O)CN. The Morgan fingerprint density at radius 3 is 2.61 bits per heavy atom. The van der Waals surface area contributed by atoms with Gasteiger partial charge in [-0.15, -0.1) is 0 Å². The van der Waals surface area contributed by atoms with Crippen molar-refractivity contribution in [2.45, 2.75) is 45.6 Å². The van der Waals surface area contributed by atoms with Crippen LogP contribution >= 0.6 is 0 Å². The maximum Gasteiger partial charge on any atom is 0.122 e. The van der Waals surface area contributed by atoms with E-state index in [9.17, 15) is 5.11 Å². The summed E-state index contributed by atoms with van der Waals surface area (Å²) in [6.45, 7) is 7.19. The van der Waals surface area contributed by atoms with Gasteiger partial charge in [0.1, 0.15) is 5.75 Å². The molecule has 102 valence electrons. The van der Waals surface area contributed by atoms with Gasteiger partial charge in [-0.3, -0.25) is 0 Å². The van der Waals surface area contributed by atoms with E-state index < -0.39 is 6.10 Å². The minimum atomic E-state index is -0.445. The van der Waals surface area contributed by atoms with E-state index in [0.717, 1.165) is 12.2 Å². The number of rotatable bonds is 7. The highest BCUT2D eigenvalue weighted by Gasteiger charge is 2.15. The van der Waals surface area contributed by atoms with Gasteiger partial charge >= 0.3 is 0 Å². The van der Waals surface area contributed by atoms with E-state index in [1.54, 1.807) is 0 Å². The summed E-state index contributed by atoms with van der Waals surface area (Å²) in [6, 6.07) is 6.31. The van der Waals surface area contributed by atoms with Gasteiger partial charge in [-0.05, 0) is 42.9 Å². The van der Waals surface area contributed by atoms with Crippen LogP contribution in [0.4, 0.5) is 0 Å². The molecule has 3 nitrogen and oxygen atoms in total. The second kappa shape index (κ2) is 7.39. The Balaban J connectivity index is 2.94. The molecule has 18 heavy (non-hydrogen) atoms. The number of nitrogens with two attached hydrogens (primary N) is 1. The number of aliphatic hydroxyl groups is 1. The Labute approximate surface area is 110 Å². The Kier molecular flexibility index (Phi) is 6.16. The zero-order chi connectivity index (χ0) is 13.5. The lowest BCUT2D eigenvalue weighted by Gasteiger charge is -2.19. The molecule has 0 saturated heterocycles. The van der Waals surface area contributed by atoms with Crippen LogP contribution in [-0.2, 0) is 6.42 Å². The lowest BCUT2D eigenvalue weighted by molar-refractivity contribution is 0.164. The highest BCUT2D eigenvalue weighted by Crippen LogP contribution is 2.31. The second-order valence-electron chi connectivity index (χ2n) is 4.69. The summed E-state index contributed by atoms with van der Waals surface area (Å²) in [5, 5.41) is 9.67. The van der Waals surface area contributed by atoms with Crippen molar-refractivity contribution in [1.82, 2.24) is 0 Å². The molecule has 0 amide bonds. The Morgan fingerprint density at radius 1 is 1.33 bits per heavy atom. The molecule has 0 aromatic heterocycles. The van der Waals surface area contributed by atoms with Crippen molar-refractivity contribution in [3.05, 3.63) is 29.3 Å². The Bertz CT molecular complexity index is 366. The fraction of sp³-hybridized carbons (Fsp3) is 0.600. The monoisotopic (exact) mass is 251 g/mol. The lowest BCUT2D eigenvalue weighted by Crippen LogP contribution is -2.21. The Morgan fingerprint density at radius 2 is 2.06 bits per heavy atom. The predicted molar refractivity (Wildman–Crippen MR) is 75.1 cm³/mol. The van der Waals surface area contributed by atoms with Crippen LogP contribution in [0.1, 0.15) is 44.2 Å². The standard InChI is InChI=1S/C15H25NO2/c1-4-12-6-7-15(18-5-2)14(9-12)11(3)8-13(17)10-16/h6-7,9,11,13,17H,4-5,8,10,16H2,1-3H3. The third kappa shape index (κ3) is 4.00. The molecular weight excluding hydrogens is 226 g/mol. The fourth-order valence-electron chi connectivity index (χ4n) is 2.12. The minimum absolute atomic E-state index is 0.247. The molecular formula is C15H25NO2. The van der Waals surface area contributed by atoms with Crippen molar-refractivity contribution in [2.75, 3.05) is 13.2 Å². The van der Waals surface area contributed by atoms with Crippen LogP contribution in [0.5, 0.6) is 5.75 Å². The first-order chi connectivity index (χ1) is 8.62. The molecule has 0 aliphatic rings. The molecule has 3 heteroatoms. The summed E-state index contributed by atoms with van der Waals surface area (Å²) in [6.07, 6.45) is 1.23. The second-order valence-corrected chi connectivity index (χ2v) is 4.69. The van der Waals surface area contributed by atoms with Crippen LogP contribution < -0.4 is 10.5 Å². The van der Waals surface area contributed by atoms with E-state index in [1.165, 1.54) is 11.1 Å². The van der Waals surface area contributed by atoms with Gasteiger partial charge in [-0.1, -0.05) is 26.0 Å². The molecule has 0 fully saturated rings. The molecule has 0 aliphatic heterocycles. The van der Waals surface area contributed by atoms with Crippen molar-refractivity contribution in [2.24, 2.45) is 5.73 Å². The molecule has 2 unspecified atom stereocenters. The molecule has 1 rings (SSSR count). The topological polar surface area (TPSA) is 55.5 Å². The zero-order valence-electron chi connectivity index (χ0n) is 11.6. The molecule has 0 aliphatic carbocycles. The quantitative estimate of drug-likeness (QED) is 0.782.